The standard InChI is InChI=1S/2Mg.2H3N.H2O4S.4H/c;;;;1-5(2,3)4;;;;/h;;2*1H3;(H2,1,2,3,4);;;;/q2*+2;;;;4*-1. The average molecular weight is 185 g/mol. The average Bonchev–Trinajstić information content (AvgIpc) is 0.722. The molecule has 0 aliphatic carbocycles. The maximum absolute atomic E-state index is 8.74. The van der Waals surface area contributed by atoms with Gasteiger partial charge in [0.2, 0.25) is 0 Å². The Morgan fingerprint density at radius 1 is 1.00 bits per heavy atom. The molecule has 0 bridgehead atoms. The Balaban J connectivity index is -0.00000000286. The molecule has 0 aromatic rings. The van der Waals surface area contributed by atoms with Gasteiger partial charge in [-0.3, -0.25) is 9.11 Å². The van der Waals surface area contributed by atoms with Crippen LogP contribution in [0.3, 0.4) is 0 Å². The maximum atomic E-state index is 8.74. The summed E-state index contributed by atoms with van der Waals surface area (Å²) in [5.74, 6) is 0. The van der Waals surface area contributed by atoms with Crippen molar-refractivity contribution in [2.24, 2.45) is 0 Å². The summed E-state index contributed by atoms with van der Waals surface area (Å²) >= 11 is 0. The summed E-state index contributed by atoms with van der Waals surface area (Å²) < 4.78 is 31.6. The summed E-state index contributed by atoms with van der Waals surface area (Å²) in [5.41, 5.74) is 0. The van der Waals surface area contributed by atoms with Crippen LogP contribution in [0, 0.1) is 0 Å². The number of hydrogen-bond acceptors (Lipinski definition) is 4. The van der Waals surface area contributed by atoms with Gasteiger partial charge >= 0.3 is 56.5 Å². The van der Waals surface area contributed by atoms with Crippen molar-refractivity contribution in [3.63, 3.8) is 0 Å². The van der Waals surface area contributed by atoms with E-state index in [1.807, 2.05) is 0 Å². The Labute approximate surface area is 91.8 Å². The van der Waals surface area contributed by atoms with E-state index >= 15 is 0 Å². The van der Waals surface area contributed by atoms with Gasteiger partial charge in [0, 0.05) is 0 Å². The smallest absolute Gasteiger partial charge is 1.00 e. The molecule has 0 aromatic carbocycles. The third-order valence-electron chi connectivity index (χ3n) is 0. The van der Waals surface area contributed by atoms with E-state index in [4.69, 9.17) is 17.5 Å². The van der Waals surface area contributed by atoms with E-state index in [0.717, 1.165) is 0 Å². The van der Waals surface area contributed by atoms with E-state index in [1.165, 1.54) is 0 Å². The van der Waals surface area contributed by atoms with Gasteiger partial charge in [-0.15, -0.1) is 0 Å². The summed E-state index contributed by atoms with van der Waals surface area (Å²) in [6.07, 6.45) is 0. The van der Waals surface area contributed by atoms with Crippen molar-refractivity contribution >= 4 is 56.5 Å². The molecule has 0 heterocycles. The van der Waals surface area contributed by atoms with Crippen LogP contribution >= 0.6 is 0 Å². The molecular formula is H12Mg2N2O4S. The van der Waals surface area contributed by atoms with Gasteiger partial charge in [0.25, 0.3) is 0 Å². The van der Waals surface area contributed by atoms with Crippen LogP contribution in [-0.4, -0.2) is 63.6 Å². The van der Waals surface area contributed by atoms with Crippen LogP contribution in [-0.2, 0) is 10.4 Å². The predicted octanol–water partition coefficient (Wildman–Crippen LogP) is -0.640. The van der Waals surface area contributed by atoms with Gasteiger partial charge in [0.05, 0.1) is 0 Å². The van der Waals surface area contributed by atoms with E-state index in [-0.39, 0.29) is 64.1 Å². The summed E-state index contributed by atoms with van der Waals surface area (Å²) in [7, 11) is -4.67. The first-order chi connectivity index (χ1) is 2.00. The Morgan fingerprint density at radius 3 is 1.00 bits per heavy atom. The van der Waals surface area contributed by atoms with Gasteiger partial charge in [-0.05, 0) is 0 Å². The van der Waals surface area contributed by atoms with E-state index in [0.29, 0.717) is 0 Å². The summed E-state index contributed by atoms with van der Waals surface area (Å²) in [5, 5.41) is 0. The normalized spacial score (nSPS) is 6.44. The molecule has 0 saturated heterocycles. The minimum Gasteiger partial charge on any atom is -1.00 e. The van der Waals surface area contributed by atoms with Gasteiger partial charge in [-0.25, -0.2) is 0 Å². The van der Waals surface area contributed by atoms with Crippen LogP contribution in [0.2, 0.25) is 0 Å². The van der Waals surface area contributed by atoms with Crippen molar-refractivity contribution in [2.75, 3.05) is 0 Å². The Hall–Kier alpha value is 1.32. The van der Waals surface area contributed by atoms with Crippen LogP contribution in [0.15, 0.2) is 0 Å². The number of hydrogen-bond donors (Lipinski definition) is 4. The second-order valence-electron chi connectivity index (χ2n) is 0.448. The molecule has 0 fully saturated rings. The molecule has 0 radical (unpaired) electrons. The summed E-state index contributed by atoms with van der Waals surface area (Å²) in [6.45, 7) is 0. The molecular weight excluding hydrogens is 173 g/mol. The second-order valence-corrected chi connectivity index (χ2v) is 1.34. The molecule has 9 heteroatoms. The molecule has 0 spiro atoms. The zero-order valence-corrected chi connectivity index (χ0v) is 8.59. The fourth-order valence-electron chi connectivity index (χ4n) is 0. The van der Waals surface area contributed by atoms with Crippen LogP contribution in [0.1, 0.15) is 5.71 Å². The van der Waals surface area contributed by atoms with Crippen LogP contribution in [0.4, 0.5) is 0 Å². The molecule has 0 atom stereocenters. The van der Waals surface area contributed by atoms with Crippen molar-refractivity contribution in [2.45, 2.75) is 0 Å². The first-order valence-corrected chi connectivity index (χ1v) is 2.10. The van der Waals surface area contributed by atoms with E-state index < -0.39 is 10.4 Å². The first kappa shape index (κ1) is 31.7. The Kier molecular flexibility index (Phi) is 42.4. The molecule has 8 N–H and O–H groups in total. The van der Waals surface area contributed by atoms with Gasteiger partial charge < -0.3 is 18.0 Å². The van der Waals surface area contributed by atoms with Gasteiger partial charge in [0.1, 0.15) is 0 Å². The molecule has 0 aliphatic rings. The molecule has 56 valence electrons. The molecule has 0 aromatic heterocycles. The molecule has 0 rings (SSSR count). The van der Waals surface area contributed by atoms with E-state index in [9.17, 15) is 0 Å². The predicted molar refractivity (Wildman–Crippen MR) is 40.2 cm³/mol. The van der Waals surface area contributed by atoms with Crippen molar-refractivity contribution in [3.8, 4) is 0 Å². The molecule has 9 heavy (non-hydrogen) atoms. The molecule has 6 nitrogen and oxygen atoms in total. The molecule has 0 amide bonds. The van der Waals surface area contributed by atoms with Crippen molar-refractivity contribution < 1.29 is 23.2 Å². The van der Waals surface area contributed by atoms with Gasteiger partial charge in [-0.2, -0.15) is 8.42 Å². The van der Waals surface area contributed by atoms with E-state index in [2.05, 4.69) is 0 Å². The quantitative estimate of drug-likeness (QED) is 0.291. The van der Waals surface area contributed by atoms with Crippen LogP contribution in [0.25, 0.3) is 0 Å². The third-order valence-corrected chi connectivity index (χ3v) is 0. The monoisotopic (exact) mass is 184 g/mol. The third kappa shape index (κ3) is 286. The van der Waals surface area contributed by atoms with E-state index in [1.54, 1.807) is 0 Å². The maximum Gasteiger partial charge on any atom is 2.00 e. The second kappa shape index (κ2) is 12.0. The molecule has 0 aliphatic heterocycles. The number of rotatable bonds is 0. The van der Waals surface area contributed by atoms with Crippen molar-refractivity contribution in [3.05, 3.63) is 0 Å². The topological polar surface area (TPSA) is 145 Å². The zero-order chi connectivity index (χ0) is 4.50. The summed E-state index contributed by atoms with van der Waals surface area (Å²) in [4.78, 5) is 0. The minimum atomic E-state index is -4.67. The largest absolute Gasteiger partial charge is 2.00 e. The molecule has 0 saturated carbocycles. The zero-order valence-electron chi connectivity index (χ0n) is 8.95. The minimum absolute atomic E-state index is 0. The van der Waals surface area contributed by atoms with Crippen molar-refractivity contribution in [1.82, 2.24) is 12.3 Å². The van der Waals surface area contributed by atoms with Crippen LogP contribution in [0.5, 0.6) is 0 Å². The fourth-order valence-corrected chi connectivity index (χ4v) is 0. The molecule has 0 unspecified atom stereocenters. The Morgan fingerprint density at radius 2 is 1.00 bits per heavy atom. The fraction of sp³-hybridized carbons (Fsp3) is 0. The first-order valence-electron chi connectivity index (χ1n) is 0.698. The van der Waals surface area contributed by atoms with Crippen molar-refractivity contribution in [1.29, 1.82) is 0 Å². The SMILES string of the molecule is N.N.O=S(=O)(O)O.[H-].[H-].[H-].[H-].[Mg+2].[Mg+2]. The Bertz CT molecular complexity index is 111. The van der Waals surface area contributed by atoms with Gasteiger partial charge in [0.15, 0.2) is 0 Å². The van der Waals surface area contributed by atoms with Gasteiger partial charge in [-0.1, -0.05) is 0 Å². The van der Waals surface area contributed by atoms with Crippen LogP contribution < -0.4 is 12.3 Å². The summed E-state index contributed by atoms with van der Waals surface area (Å²) in [6, 6.07) is 0.